The predicted octanol–water partition coefficient (Wildman–Crippen LogP) is 1.07. The second-order valence-electron chi connectivity index (χ2n) is 6.51. The summed E-state index contributed by atoms with van der Waals surface area (Å²) in [6.45, 7) is -0.786. The van der Waals surface area contributed by atoms with E-state index in [1.807, 2.05) is 17.5 Å². The van der Waals surface area contributed by atoms with Crippen LogP contribution in [-0.4, -0.2) is 59.1 Å². The first-order chi connectivity index (χ1) is 14.0. The fraction of sp³-hybridized carbons (Fsp3) is 0.211. The molecule has 9 nitrogen and oxygen atoms in total. The molecule has 10 heteroatoms. The molecule has 1 saturated heterocycles. The summed E-state index contributed by atoms with van der Waals surface area (Å²) < 4.78 is 0. The third-order valence-electron chi connectivity index (χ3n) is 4.66. The van der Waals surface area contributed by atoms with Crippen LogP contribution in [0.4, 0.5) is 16.2 Å². The van der Waals surface area contributed by atoms with Crippen LogP contribution in [0.5, 0.6) is 0 Å². The highest BCUT2D eigenvalue weighted by molar-refractivity contribution is 7.09. The Hall–Kier alpha value is -3.53. The summed E-state index contributed by atoms with van der Waals surface area (Å²) in [5, 5.41) is 4.54. The van der Waals surface area contributed by atoms with Crippen molar-refractivity contribution in [2.45, 2.75) is 6.42 Å². The van der Waals surface area contributed by atoms with E-state index in [9.17, 15) is 24.0 Å². The Labute approximate surface area is 169 Å². The van der Waals surface area contributed by atoms with E-state index in [1.165, 1.54) is 16.2 Å². The zero-order valence-electron chi connectivity index (χ0n) is 15.2. The molecule has 0 atom stereocenters. The first-order valence-electron chi connectivity index (χ1n) is 8.84. The van der Waals surface area contributed by atoms with Crippen molar-refractivity contribution in [1.29, 1.82) is 0 Å². The molecule has 1 aromatic heterocycles. The number of carbonyl (C=O) groups is 5. The molecule has 1 fully saturated rings. The molecule has 0 saturated carbocycles. The van der Waals surface area contributed by atoms with E-state index in [0.717, 1.165) is 9.78 Å². The van der Waals surface area contributed by atoms with Gasteiger partial charge in [0.2, 0.25) is 11.8 Å². The summed E-state index contributed by atoms with van der Waals surface area (Å²) in [5.41, 5.74) is 0.932. The van der Waals surface area contributed by atoms with E-state index in [4.69, 9.17) is 0 Å². The topological polar surface area (TPSA) is 107 Å². The number of thiophene rings is 1. The molecule has 2 aliphatic heterocycles. The van der Waals surface area contributed by atoms with Crippen LogP contribution in [0.25, 0.3) is 0 Å². The van der Waals surface area contributed by atoms with Crippen molar-refractivity contribution < 1.29 is 24.0 Å². The summed E-state index contributed by atoms with van der Waals surface area (Å²) >= 11 is 1.49. The molecular weight excluding hydrogens is 396 g/mol. The van der Waals surface area contributed by atoms with Crippen LogP contribution in [0.2, 0.25) is 0 Å². The molecule has 1 aromatic carbocycles. The molecule has 0 radical (unpaired) electrons. The molecule has 0 aliphatic carbocycles. The minimum absolute atomic E-state index is 0.0591. The van der Waals surface area contributed by atoms with Gasteiger partial charge in [0.25, 0.3) is 0 Å². The second kappa shape index (κ2) is 7.47. The number of nitrogens with zero attached hydrogens (tertiary/aromatic N) is 3. The molecule has 29 heavy (non-hydrogen) atoms. The van der Waals surface area contributed by atoms with Gasteiger partial charge in [0.15, 0.2) is 0 Å². The van der Waals surface area contributed by atoms with Crippen LogP contribution < -0.4 is 10.2 Å². The number of amides is 6. The van der Waals surface area contributed by atoms with Crippen LogP contribution in [0.15, 0.2) is 41.8 Å². The lowest BCUT2D eigenvalue weighted by atomic mass is 10.2. The minimum atomic E-state index is -1.04. The normalized spacial score (nSPS) is 16.3. The molecule has 148 valence electrons. The van der Waals surface area contributed by atoms with Gasteiger partial charge < -0.3 is 5.32 Å². The van der Waals surface area contributed by atoms with Crippen molar-refractivity contribution in [2.24, 2.45) is 0 Å². The highest BCUT2D eigenvalue weighted by Gasteiger charge is 2.45. The van der Waals surface area contributed by atoms with Crippen molar-refractivity contribution in [3.05, 3.63) is 46.7 Å². The number of nitrogens with one attached hydrogen (secondary N) is 1. The van der Waals surface area contributed by atoms with Gasteiger partial charge >= 0.3 is 17.8 Å². The van der Waals surface area contributed by atoms with Crippen molar-refractivity contribution in [1.82, 2.24) is 9.80 Å². The van der Waals surface area contributed by atoms with Gasteiger partial charge in [-0.3, -0.25) is 29.0 Å². The average Bonchev–Trinajstić information content (AvgIpc) is 3.29. The van der Waals surface area contributed by atoms with Gasteiger partial charge in [-0.1, -0.05) is 18.2 Å². The number of anilines is 2. The van der Waals surface area contributed by atoms with Gasteiger partial charge in [0, 0.05) is 17.8 Å². The van der Waals surface area contributed by atoms with E-state index in [-0.39, 0.29) is 19.0 Å². The molecule has 0 bridgehead atoms. The van der Waals surface area contributed by atoms with Gasteiger partial charge in [-0.05, 0) is 23.6 Å². The molecule has 0 spiro atoms. The molecule has 2 aliphatic rings. The fourth-order valence-corrected chi connectivity index (χ4v) is 3.94. The predicted molar refractivity (Wildman–Crippen MR) is 104 cm³/mol. The van der Waals surface area contributed by atoms with E-state index < -0.39 is 30.3 Å². The van der Waals surface area contributed by atoms with Gasteiger partial charge in [0.1, 0.15) is 13.1 Å². The minimum Gasteiger partial charge on any atom is -0.323 e. The smallest absolute Gasteiger partial charge is 0.323 e. The average molecular weight is 412 g/mol. The van der Waals surface area contributed by atoms with E-state index >= 15 is 0 Å². The summed E-state index contributed by atoms with van der Waals surface area (Å²) in [6, 6.07) is 9.63. The lowest BCUT2D eigenvalue weighted by Gasteiger charge is -2.30. The Balaban J connectivity index is 1.48. The van der Waals surface area contributed by atoms with Gasteiger partial charge in [-0.25, -0.2) is 9.69 Å². The first-order valence-corrected chi connectivity index (χ1v) is 9.72. The number of hydrogen-bond donors (Lipinski definition) is 1. The number of rotatable bonds is 5. The second-order valence-corrected chi connectivity index (χ2v) is 7.54. The van der Waals surface area contributed by atoms with Crippen LogP contribution in [0.3, 0.4) is 0 Å². The Morgan fingerprint density at radius 2 is 1.76 bits per heavy atom. The zero-order chi connectivity index (χ0) is 20.5. The van der Waals surface area contributed by atoms with Crippen molar-refractivity contribution in [2.75, 3.05) is 29.9 Å². The molecule has 6 amide bonds. The number of imide groups is 2. The fourth-order valence-electron chi connectivity index (χ4n) is 3.24. The number of carbonyl (C=O) groups excluding carboxylic acids is 5. The van der Waals surface area contributed by atoms with E-state index in [1.54, 1.807) is 24.3 Å². The molecular formula is C19H16N4O5S. The lowest BCUT2D eigenvalue weighted by Crippen LogP contribution is -2.48. The van der Waals surface area contributed by atoms with Gasteiger partial charge in [0.05, 0.1) is 11.4 Å². The van der Waals surface area contributed by atoms with Crippen molar-refractivity contribution in [3.63, 3.8) is 0 Å². The largest absolute Gasteiger partial charge is 0.334 e. The summed E-state index contributed by atoms with van der Waals surface area (Å²) in [6.07, 6.45) is 0.434. The summed E-state index contributed by atoms with van der Waals surface area (Å²) in [5.74, 6) is -2.99. The van der Waals surface area contributed by atoms with Crippen LogP contribution in [-0.2, 0) is 25.6 Å². The van der Waals surface area contributed by atoms with Crippen molar-refractivity contribution >= 4 is 52.4 Å². The Morgan fingerprint density at radius 1 is 1.00 bits per heavy atom. The number of urea groups is 1. The van der Waals surface area contributed by atoms with E-state index in [2.05, 4.69) is 5.32 Å². The molecule has 3 heterocycles. The number of para-hydroxylation sites is 2. The van der Waals surface area contributed by atoms with Crippen LogP contribution in [0, 0.1) is 0 Å². The molecule has 2 aromatic rings. The maximum absolute atomic E-state index is 12.8. The highest BCUT2D eigenvalue weighted by Crippen LogP contribution is 2.29. The molecule has 1 N–H and O–H groups in total. The Morgan fingerprint density at radius 3 is 2.52 bits per heavy atom. The SMILES string of the molecule is O=C1CN(C(=O)CN2C(=O)C(=O)N(CCc3cccs3)C2=O)c2ccccc2N1. The van der Waals surface area contributed by atoms with Gasteiger partial charge in [-0.2, -0.15) is 0 Å². The van der Waals surface area contributed by atoms with Gasteiger partial charge in [-0.15, -0.1) is 11.3 Å². The van der Waals surface area contributed by atoms with E-state index in [0.29, 0.717) is 22.7 Å². The highest BCUT2D eigenvalue weighted by atomic mass is 32.1. The number of fused-ring (bicyclic) bond motifs is 1. The maximum atomic E-state index is 12.8. The molecule has 4 rings (SSSR count). The van der Waals surface area contributed by atoms with Crippen LogP contribution in [0.1, 0.15) is 4.88 Å². The number of hydrogen-bond acceptors (Lipinski definition) is 6. The molecule has 0 unspecified atom stereocenters. The lowest BCUT2D eigenvalue weighted by molar-refractivity contribution is -0.143. The Kier molecular flexibility index (Phi) is 4.85. The third-order valence-corrected chi connectivity index (χ3v) is 5.60. The standard InChI is InChI=1S/C19H16N4O5S/c24-15-10-22(14-6-2-1-5-13(14)20-15)16(25)11-23-18(27)17(26)21(19(23)28)8-7-12-4-3-9-29-12/h1-6,9H,7-8,10-11H2,(H,20,24). The zero-order valence-corrected chi connectivity index (χ0v) is 16.0. The van der Waals surface area contributed by atoms with Crippen LogP contribution >= 0.6 is 11.3 Å². The quantitative estimate of drug-likeness (QED) is 0.584. The monoisotopic (exact) mass is 412 g/mol. The van der Waals surface area contributed by atoms with Crippen molar-refractivity contribution in [3.8, 4) is 0 Å². The number of benzene rings is 1. The summed E-state index contributed by atoms with van der Waals surface area (Å²) in [4.78, 5) is 65.4. The summed E-state index contributed by atoms with van der Waals surface area (Å²) in [7, 11) is 0. The third kappa shape index (κ3) is 3.49. The Bertz CT molecular complexity index is 1020. The maximum Gasteiger partial charge on any atom is 0.334 e. The first kappa shape index (κ1) is 18.8.